The van der Waals surface area contributed by atoms with E-state index >= 15 is 0 Å². The van der Waals surface area contributed by atoms with Gasteiger partial charge in [0.25, 0.3) is 0 Å². The summed E-state index contributed by atoms with van der Waals surface area (Å²) in [6.07, 6.45) is 4.45. The van der Waals surface area contributed by atoms with E-state index in [9.17, 15) is 4.79 Å². The molecule has 0 saturated carbocycles. The lowest BCUT2D eigenvalue weighted by Crippen LogP contribution is -2.46. The van der Waals surface area contributed by atoms with E-state index in [1.807, 2.05) is 36.4 Å². The maximum atomic E-state index is 12.4. The van der Waals surface area contributed by atoms with Crippen molar-refractivity contribution in [2.24, 2.45) is 5.92 Å². The molecule has 4 heteroatoms. The van der Waals surface area contributed by atoms with Crippen LogP contribution in [-0.4, -0.2) is 50.9 Å². The summed E-state index contributed by atoms with van der Waals surface area (Å²) >= 11 is 0. The van der Waals surface area contributed by atoms with E-state index in [1.54, 1.807) is 0 Å². The predicted octanol–water partition coefficient (Wildman–Crippen LogP) is 5.63. The van der Waals surface area contributed by atoms with Crippen molar-refractivity contribution in [1.82, 2.24) is 0 Å². The number of unbranched alkanes of at least 4 members (excludes halogenated alkanes) is 1. The SMILES string of the molecule is CCCCC(CC)COC(=O)C[N+](C)(C)CCOC(c1ccccc1)c1ccccc1. The molecule has 0 fully saturated rings. The number of quaternary nitrogens is 1. The number of hydrogen-bond acceptors (Lipinski definition) is 3. The third-order valence-corrected chi connectivity index (χ3v) is 5.77. The number of likely N-dealkylation sites (N-methyl/N-ethyl adjacent to an activating group) is 1. The smallest absolute Gasteiger partial charge is 0.361 e. The maximum absolute atomic E-state index is 12.4. The Morgan fingerprint density at radius 2 is 1.52 bits per heavy atom. The number of carbonyl (C=O) groups excluding carboxylic acids is 1. The van der Waals surface area contributed by atoms with Gasteiger partial charge < -0.3 is 14.0 Å². The van der Waals surface area contributed by atoms with Crippen molar-refractivity contribution in [2.45, 2.75) is 45.6 Å². The third-order valence-electron chi connectivity index (χ3n) is 5.77. The summed E-state index contributed by atoms with van der Waals surface area (Å²) in [5, 5.41) is 0. The van der Waals surface area contributed by atoms with Crippen LogP contribution in [0.2, 0.25) is 0 Å². The van der Waals surface area contributed by atoms with Gasteiger partial charge in [-0.15, -0.1) is 0 Å². The Morgan fingerprint density at radius 1 is 0.935 bits per heavy atom. The molecule has 0 aliphatic carbocycles. The molecule has 1 atom stereocenters. The number of rotatable bonds is 14. The molecule has 0 aliphatic rings. The van der Waals surface area contributed by atoms with E-state index in [0.717, 1.165) is 30.5 Å². The van der Waals surface area contributed by atoms with E-state index < -0.39 is 0 Å². The number of ether oxygens (including phenoxy) is 2. The average Bonchev–Trinajstić information content (AvgIpc) is 2.77. The van der Waals surface area contributed by atoms with Gasteiger partial charge in [0, 0.05) is 0 Å². The maximum Gasteiger partial charge on any atom is 0.361 e. The average molecular weight is 427 g/mol. The highest BCUT2D eigenvalue weighted by molar-refractivity contribution is 5.70. The van der Waals surface area contributed by atoms with Crippen molar-refractivity contribution < 1.29 is 18.8 Å². The fourth-order valence-electron chi connectivity index (χ4n) is 3.64. The van der Waals surface area contributed by atoms with Crippen LogP contribution in [0.4, 0.5) is 0 Å². The molecule has 0 aliphatic heterocycles. The first-order valence-electron chi connectivity index (χ1n) is 11.6. The molecule has 0 bridgehead atoms. The third kappa shape index (κ3) is 9.24. The van der Waals surface area contributed by atoms with E-state index in [-0.39, 0.29) is 12.1 Å². The number of carbonyl (C=O) groups is 1. The van der Waals surface area contributed by atoms with Crippen LogP contribution >= 0.6 is 0 Å². The van der Waals surface area contributed by atoms with Crippen LogP contribution in [0.3, 0.4) is 0 Å². The first-order valence-corrected chi connectivity index (χ1v) is 11.6. The lowest BCUT2D eigenvalue weighted by atomic mass is 10.0. The van der Waals surface area contributed by atoms with Gasteiger partial charge in [0.15, 0.2) is 6.54 Å². The molecule has 31 heavy (non-hydrogen) atoms. The monoisotopic (exact) mass is 426 g/mol. The lowest BCUT2D eigenvalue weighted by molar-refractivity contribution is -0.883. The van der Waals surface area contributed by atoms with Gasteiger partial charge in [0.05, 0.1) is 27.3 Å². The fourth-order valence-corrected chi connectivity index (χ4v) is 3.64. The minimum atomic E-state index is -0.123. The Labute approximate surface area is 188 Å². The molecule has 2 rings (SSSR count). The van der Waals surface area contributed by atoms with E-state index in [1.165, 1.54) is 12.8 Å². The molecule has 0 N–H and O–H groups in total. The number of hydrogen-bond donors (Lipinski definition) is 0. The van der Waals surface area contributed by atoms with E-state index in [2.05, 4.69) is 52.2 Å². The van der Waals surface area contributed by atoms with Gasteiger partial charge in [-0.3, -0.25) is 0 Å². The largest absolute Gasteiger partial charge is 0.461 e. The summed E-state index contributed by atoms with van der Waals surface area (Å²) in [7, 11) is 4.11. The van der Waals surface area contributed by atoms with Gasteiger partial charge in [-0.25, -0.2) is 4.79 Å². The molecule has 0 amide bonds. The summed E-state index contributed by atoms with van der Waals surface area (Å²) < 4.78 is 12.5. The Hall–Kier alpha value is -2.17. The summed E-state index contributed by atoms with van der Waals surface area (Å²) in [4.78, 5) is 12.4. The van der Waals surface area contributed by atoms with Gasteiger partial charge in [0.1, 0.15) is 12.6 Å². The first kappa shape index (κ1) is 25.1. The molecule has 2 aromatic carbocycles. The molecule has 0 aromatic heterocycles. The fraction of sp³-hybridized carbons (Fsp3) is 0.519. The van der Waals surface area contributed by atoms with Crippen LogP contribution in [0.15, 0.2) is 60.7 Å². The van der Waals surface area contributed by atoms with Crippen molar-refractivity contribution in [2.75, 3.05) is 40.4 Å². The zero-order valence-electron chi connectivity index (χ0n) is 19.8. The topological polar surface area (TPSA) is 35.5 Å². The molecule has 0 heterocycles. The Morgan fingerprint density at radius 3 is 2.03 bits per heavy atom. The summed E-state index contributed by atoms with van der Waals surface area (Å²) in [6.45, 7) is 6.55. The normalized spacial score (nSPS) is 12.7. The molecule has 2 aromatic rings. The predicted molar refractivity (Wildman–Crippen MR) is 127 cm³/mol. The molecule has 4 nitrogen and oxygen atoms in total. The van der Waals surface area contributed by atoms with Crippen molar-refractivity contribution in [3.8, 4) is 0 Å². The highest BCUT2D eigenvalue weighted by atomic mass is 16.5. The van der Waals surface area contributed by atoms with Crippen LogP contribution in [0.1, 0.15) is 56.8 Å². The van der Waals surface area contributed by atoms with Gasteiger partial charge in [-0.05, 0) is 23.5 Å². The Balaban J connectivity index is 1.86. The second-order valence-electron chi connectivity index (χ2n) is 8.99. The van der Waals surface area contributed by atoms with Crippen LogP contribution in [0, 0.1) is 5.92 Å². The van der Waals surface area contributed by atoms with E-state index in [0.29, 0.717) is 30.2 Å². The molecule has 170 valence electrons. The standard InChI is InChI=1S/C27H40NO3/c1-5-7-14-23(6-2)22-31-26(29)21-28(3,4)19-20-30-27(24-15-10-8-11-16-24)25-17-12-9-13-18-25/h8-13,15-18,23,27H,5-7,14,19-22H2,1-4H3/q+1. The van der Waals surface area contributed by atoms with Gasteiger partial charge >= 0.3 is 5.97 Å². The summed E-state index contributed by atoms with van der Waals surface area (Å²) in [5.41, 5.74) is 2.27. The molecule has 0 radical (unpaired) electrons. The van der Waals surface area contributed by atoms with Crippen LogP contribution in [-0.2, 0) is 14.3 Å². The summed E-state index contributed by atoms with van der Waals surface area (Å²) in [6, 6.07) is 20.6. The Bertz CT molecular complexity index is 706. The molecule has 0 spiro atoms. The van der Waals surface area contributed by atoms with Crippen molar-refractivity contribution in [3.05, 3.63) is 71.8 Å². The van der Waals surface area contributed by atoms with E-state index in [4.69, 9.17) is 9.47 Å². The first-order chi connectivity index (χ1) is 14.9. The minimum Gasteiger partial charge on any atom is -0.461 e. The lowest BCUT2D eigenvalue weighted by Gasteiger charge is -2.30. The van der Waals surface area contributed by atoms with Gasteiger partial charge in [0.2, 0.25) is 0 Å². The van der Waals surface area contributed by atoms with Crippen LogP contribution < -0.4 is 0 Å². The second kappa shape index (κ2) is 13.3. The van der Waals surface area contributed by atoms with Crippen LogP contribution in [0.5, 0.6) is 0 Å². The zero-order valence-corrected chi connectivity index (χ0v) is 19.8. The van der Waals surface area contributed by atoms with Crippen molar-refractivity contribution in [1.29, 1.82) is 0 Å². The molecular weight excluding hydrogens is 386 g/mol. The highest BCUT2D eigenvalue weighted by Gasteiger charge is 2.23. The highest BCUT2D eigenvalue weighted by Crippen LogP contribution is 2.25. The Kier molecular flexibility index (Phi) is 10.8. The second-order valence-corrected chi connectivity index (χ2v) is 8.99. The minimum absolute atomic E-state index is 0.113. The van der Waals surface area contributed by atoms with Crippen LogP contribution in [0.25, 0.3) is 0 Å². The summed E-state index contributed by atoms with van der Waals surface area (Å²) in [5.74, 6) is 0.350. The molecular formula is C27H40NO3+. The quantitative estimate of drug-likeness (QED) is 0.290. The van der Waals surface area contributed by atoms with Crippen molar-refractivity contribution >= 4 is 5.97 Å². The van der Waals surface area contributed by atoms with Crippen molar-refractivity contribution in [3.63, 3.8) is 0 Å². The molecule has 1 unspecified atom stereocenters. The number of esters is 1. The number of benzene rings is 2. The zero-order chi connectivity index (χ0) is 22.5. The van der Waals surface area contributed by atoms with Gasteiger partial charge in [-0.1, -0.05) is 93.8 Å². The molecule has 0 saturated heterocycles. The van der Waals surface area contributed by atoms with Gasteiger partial charge in [-0.2, -0.15) is 0 Å². The number of nitrogens with zero attached hydrogens (tertiary/aromatic N) is 1.